The van der Waals surface area contributed by atoms with Crippen LogP contribution in [0.4, 0.5) is 11.4 Å². The fraction of sp³-hybridized carbons (Fsp3) is 0.368. The lowest BCUT2D eigenvalue weighted by Gasteiger charge is -2.20. The number of rotatable bonds is 11. The summed E-state index contributed by atoms with van der Waals surface area (Å²) in [5.41, 5.74) is 0.00595. The van der Waals surface area contributed by atoms with Crippen molar-refractivity contribution in [3.8, 4) is 5.75 Å². The third kappa shape index (κ3) is 6.84. The third-order valence-electron chi connectivity index (χ3n) is 4.23. The molecule has 2 rings (SSSR count). The molecule has 0 radical (unpaired) electrons. The van der Waals surface area contributed by atoms with E-state index in [0.29, 0.717) is 29.5 Å². The van der Waals surface area contributed by atoms with Crippen molar-refractivity contribution >= 4 is 33.0 Å². The first-order valence-electron chi connectivity index (χ1n) is 9.12. The van der Waals surface area contributed by atoms with E-state index in [9.17, 15) is 18.5 Å². The molecule has 2 aromatic carbocycles. The number of nitrogens with one attached hydrogen (secondary N) is 1. The predicted octanol–water partition coefficient (Wildman–Crippen LogP) is 2.60. The first kappa shape index (κ1) is 23.9. The van der Waals surface area contributed by atoms with Crippen molar-refractivity contribution in [2.75, 3.05) is 52.3 Å². The zero-order valence-corrected chi connectivity index (χ0v) is 18.6. The van der Waals surface area contributed by atoms with Crippen LogP contribution in [0.3, 0.4) is 0 Å². The fourth-order valence-corrected chi connectivity index (χ4v) is 3.74. The molecule has 0 spiro atoms. The van der Waals surface area contributed by atoms with Crippen molar-refractivity contribution in [3.05, 3.63) is 57.6 Å². The minimum absolute atomic E-state index is 0.150. The van der Waals surface area contributed by atoms with E-state index >= 15 is 0 Å². The average Bonchev–Trinajstić information content (AvgIpc) is 2.68. The lowest BCUT2D eigenvalue weighted by atomic mass is 10.2. The van der Waals surface area contributed by atoms with Crippen LogP contribution in [-0.4, -0.2) is 65.6 Å². The van der Waals surface area contributed by atoms with Gasteiger partial charge in [-0.25, -0.2) is 13.1 Å². The number of benzene rings is 2. The predicted molar refractivity (Wildman–Crippen MR) is 117 cm³/mol. The highest BCUT2D eigenvalue weighted by Crippen LogP contribution is 2.30. The van der Waals surface area contributed by atoms with Crippen LogP contribution in [0, 0.1) is 10.1 Å². The Morgan fingerprint density at radius 3 is 2.37 bits per heavy atom. The molecule has 0 unspecified atom stereocenters. The van der Waals surface area contributed by atoms with E-state index in [1.54, 1.807) is 36.2 Å². The molecule has 9 nitrogen and oxygen atoms in total. The Labute approximate surface area is 181 Å². The highest BCUT2D eigenvalue weighted by Gasteiger charge is 2.23. The molecule has 0 saturated heterocycles. The standard InChI is InChI=1S/C19H25ClN4O5S/c1-22(2)11-10-21-30(27,28)17-8-9-18(19(14-17)24(25)26)23(3)12-13-29-16-6-4-15(20)5-7-16/h4-9,14,21H,10-13H2,1-3H3. The molecule has 0 aromatic heterocycles. The Bertz CT molecular complexity index is 967. The molecule has 0 amide bonds. The van der Waals surface area contributed by atoms with Gasteiger partial charge in [-0.3, -0.25) is 10.1 Å². The molecule has 0 bridgehead atoms. The molecular weight excluding hydrogens is 432 g/mol. The Morgan fingerprint density at radius 1 is 1.10 bits per heavy atom. The number of hydrogen-bond acceptors (Lipinski definition) is 7. The lowest BCUT2D eigenvalue weighted by molar-refractivity contribution is -0.384. The molecule has 2 aromatic rings. The van der Waals surface area contributed by atoms with Crippen LogP contribution >= 0.6 is 11.6 Å². The van der Waals surface area contributed by atoms with Crippen molar-refractivity contribution in [2.24, 2.45) is 0 Å². The first-order chi connectivity index (χ1) is 14.1. The quantitative estimate of drug-likeness (QED) is 0.409. The monoisotopic (exact) mass is 456 g/mol. The lowest BCUT2D eigenvalue weighted by Crippen LogP contribution is -2.31. The smallest absolute Gasteiger partial charge is 0.293 e. The number of ether oxygens (including phenoxy) is 1. The molecule has 164 valence electrons. The molecule has 11 heteroatoms. The minimum Gasteiger partial charge on any atom is -0.492 e. The van der Waals surface area contributed by atoms with Crippen molar-refractivity contribution in [1.82, 2.24) is 9.62 Å². The molecule has 30 heavy (non-hydrogen) atoms. The van der Waals surface area contributed by atoms with Crippen LogP contribution in [0.1, 0.15) is 0 Å². The van der Waals surface area contributed by atoms with Crippen LogP contribution in [-0.2, 0) is 10.0 Å². The summed E-state index contributed by atoms with van der Waals surface area (Å²) >= 11 is 5.83. The van der Waals surface area contributed by atoms with Gasteiger partial charge in [0, 0.05) is 31.2 Å². The average molecular weight is 457 g/mol. The van der Waals surface area contributed by atoms with Crippen LogP contribution in [0.5, 0.6) is 5.75 Å². The highest BCUT2D eigenvalue weighted by atomic mass is 35.5. The largest absolute Gasteiger partial charge is 0.492 e. The van der Waals surface area contributed by atoms with Gasteiger partial charge in [-0.2, -0.15) is 0 Å². The second-order valence-corrected chi connectivity index (χ2v) is 9.04. The summed E-state index contributed by atoms with van der Waals surface area (Å²) in [7, 11) is 1.47. The summed E-state index contributed by atoms with van der Waals surface area (Å²) in [4.78, 5) is 14.3. The molecule has 0 aliphatic rings. The Kier molecular flexibility index (Phi) is 8.42. The van der Waals surface area contributed by atoms with Crippen LogP contribution < -0.4 is 14.4 Å². The van der Waals surface area contributed by atoms with E-state index in [-0.39, 0.29) is 23.7 Å². The van der Waals surface area contributed by atoms with Crippen molar-refractivity contribution in [2.45, 2.75) is 4.90 Å². The van der Waals surface area contributed by atoms with Gasteiger partial charge in [0.15, 0.2) is 0 Å². The van der Waals surface area contributed by atoms with E-state index in [0.717, 1.165) is 6.07 Å². The topological polar surface area (TPSA) is 105 Å². The Balaban J connectivity index is 2.09. The van der Waals surface area contributed by atoms with E-state index in [1.165, 1.54) is 12.1 Å². The normalized spacial score (nSPS) is 11.5. The van der Waals surface area contributed by atoms with Crippen molar-refractivity contribution in [3.63, 3.8) is 0 Å². The SMILES string of the molecule is CN(C)CCNS(=O)(=O)c1ccc(N(C)CCOc2ccc(Cl)cc2)c([N+](=O)[O-])c1. The summed E-state index contributed by atoms with van der Waals surface area (Å²) in [5.74, 6) is 0.632. The van der Waals surface area contributed by atoms with Crippen LogP contribution in [0.25, 0.3) is 0 Å². The van der Waals surface area contributed by atoms with Gasteiger partial charge in [0.2, 0.25) is 10.0 Å². The van der Waals surface area contributed by atoms with E-state index in [1.807, 2.05) is 19.0 Å². The zero-order chi connectivity index (χ0) is 22.3. The molecule has 0 aliphatic carbocycles. The molecule has 0 saturated carbocycles. The van der Waals surface area contributed by atoms with E-state index < -0.39 is 14.9 Å². The van der Waals surface area contributed by atoms with Gasteiger partial charge in [0.25, 0.3) is 5.69 Å². The summed E-state index contributed by atoms with van der Waals surface area (Å²) in [6.07, 6.45) is 0. The number of nitrogens with zero attached hydrogens (tertiary/aromatic N) is 3. The summed E-state index contributed by atoms with van der Waals surface area (Å²) in [6, 6.07) is 10.7. The molecule has 0 fully saturated rings. The van der Waals surface area contributed by atoms with Gasteiger partial charge in [0.05, 0.1) is 16.4 Å². The number of hydrogen-bond donors (Lipinski definition) is 1. The second kappa shape index (κ2) is 10.6. The van der Waals surface area contributed by atoms with E-state index in [4.69, 9.17) is 16.3 Å². The molecule has 0 atom stereocenters. The molecule has 1 N–H and O–H groups in total. The maximum Gasteiger partial charge on any atom is 0.293 e. The first-order valence-corrected chi connectivity index (χ1v) is 11.0. The van der Waals surface area contributed by atoms with Gasteiger partial charge in [0.1, 0.15) is 18.0 Å². The van der Waals surface area contributed by atoms with E-state index in [2.05, 4.69) is 4.72 Å². The van der Waals surface area contributed by atoms with Gasteiger partial charge in [-0.05, 0) is 50.5 Å². The zero-order valence-electron chi connectivity index (χ0n) is 17.0. The Morgan fingerprint density at radius 2 is 1.77 bits per heavy atom. The molecule has 0 heterocycles. The van der Waals surface area contributed by atoms with Gasteiger partial charge >= 0.3 is 0 Å². The fourth-order valence-electron chi connectivity index (χ4n) is 2.58. The van der Waals surface area contributed by atoms with Gasteiger partial charge in [-0.15, -0.1) is 0 Å². The highest BCUT2D eigenvalue weighted by molar-refractivity contribution is 7.89. The number of nitro groups is 1. The molecule has 0 aliphatic heterocycles. The van der Waals surface area contributed by atoms with Crippen molar-refractivity contribution in [1.29, 1.82) is 0 Å². The number of halogens is 1. The number of sulfonamides is 1. The van der Waals surface area contributed by atoms with Crippen LogP contribution in [0.15, 0.2) is 47.4 Å². The van der Waals surface area contributed by atoms with Crippen LogP contribution in [0.2, 0.25) is 5.02 Å². The van der Waals surface area contributed by atoms with Gasteiger partial charge < -0.3 is 14.5 Å². The molecular formula is C19H25ClN4O5S. The third-order valence-corrected chi connectivity index (χ3v) is 5.94. The number of anilines is 1. The Hall–Kier alpha value is -2.40. The summed E-state index contributed by atoms with van der Waals surface area (Å²) < 4.78 is 32.9. The van der Waals surface area contributed by atoms with Crippen molar-refractivity contribution < 1.29 is 18.1 Å². The number of nitro benzene ring substituents is 1. The summed E-state index contributed by atoms with van der Waals surface area (Å²) in [5, 5.41) is 12.1. The maximum absolute atomic E-state index is 12.4. The minimum atomic E-state index is -3.85. The second-order valence-electron chi connectivity index (χ2n) is 6.83. The number of likely N-dealkylation sites (N-methyl/N-ethyl adjacent to an activating group) is 2. The summed E-state index contributed by atoms with van der Waals surface area (Å²) in [6.45, 7) is 1.35. The maximum atomic E-state index is 12.4. The van der Waals surface area contributed by atoms with Gasteiger partial charge in [-0.1, -0.05) is 11.6 Å².